The normalized spacial score (nSPS) is 19.0. The Kier molecular flexibility index (Phi) is 6.33. The minimum absolute atomic E-state index is 0.330. The molecule has 0 atom stereocenters. The van der Waals surface area contributed by atoms with Crippen molar-refractivity contribution < 1.29 is 9.31 Å². The molecule has 0 amide bonds. The second-order valence-electron chi connectivity index (χ2n) is 9.24. The maximum atomic E-state index is 6.30. The highest BCUT2D eigenvalue weighted by Crippen LogP contribution is 2.49. The Morgan fingerprint density at radius 2 is 1.53 bits per heavy atom. The van der Waals surface area contributed by atoms with Crippen molar-refractivity contribution in [3.8, 4) is 0 Å². The Bertz CT molecular complexity index is 917. The molecule has 30 heavy (non-hydrogen) atoms. The molecule has 0 aliphatic carbocycles. The van der Waals surface area contributed by atoms with Gasteiger partial charge < -0.3 is 14.2 Å². The van der Waals surface area contributed by atoms with Crippen LogP contribution in [0.2, 0.25) is 0 Å². The van der Waals surface area contributed by atoms with E-state index in [2.05, 4.69) is 91.8 Å². The predicted octanol–water partition coefficient (Wildman–Crippen LogP) is 6.93. The van der Waals surface area contributed by atoms with E-state index in [1.807, 2.05) is 11.8 Å². The van der Waals surface area contributed by atoms with Crippen LogP contribution in [-0.4, -0.2) is 24.9 Å². The van der Waals surface area contributed by atoms with Gasteiger partial charge in [-0.15, -0.1) is 0 Å². The molecule has 160 valence electrons. The molecule has 4 rings (SSSR count). The van der Waals surface area contributed by atoms with Gasteiger partial charge in [0.25, 0.3) is 0 Å². The summed E-state index contributed by atoms with van der Waals surface area (Å²) in [4.78, 5) is 5.04. The minimum Gasteiger partial charge on any atom is -0.399 e. The van der Waals surface area contributed by atoms with E-state index >= 15 is 0 Å². The average molecular weight is 488 g/mol. The van der Waals surface area contributed by atoms with E-state index in [1.54, 1.807) is 0 Å². The summed E-state index contributed by atoms with van der Waals surface area (Å²) in [7, 11) is -0.331. The van der Waals surface area contributed by atoms with Gasteiger partial charge in [0.15, 0.2) is 0 Å². The van der Waals surface area contributed by atoms with Gasteiger partial charge in [0.2, 0.25) is 0 Å². The molecule has 0 unspecified atom stereocenters. The largest absolute Gasteiger partial charge is 0.494 e. The Hall–Kier alpha value is -0.945. The Morgan fingerprint density at radius 3 is 2.20 bits per heavy atom. The summed E-state index contributed by atoms with van der Waals surface area (Å²) in [6.45, 7) is 11.7. The molecule has 3 nitrogen and oxygen atoms in total. The fourth-order valence-corrected chi connectivity index (χ4v) is 5.64. The summed E-state index contributed by atoms with van der Waals surface area (Å²) < 4.78 is 13.7. The molecular weight excluding hydrogens is 457 g/mol. The topological polar surface area (TPSA) is 21.7 Å². The van der Waals surface area contributed by atoms with E-state index < -0.39 is 0 Å². The van der Waals surface area contributed by atoms with Crippen LogP contribution in [-0.2, 0) is 9.31 Å². The second kappa shape index (κ2) is 8.53. The first-order valence-corrected chi connectivity index (χ1v) is 12.6. The summed E-state index contributed by atoms with van der Waals surface area (Å²) in [6.07, 6.45) is 5.02. The van der Waals surface area contributed by atoms with Crippen molar-refractivity contribution in [2.24, 2.45) is 0 Å². The smallest absolute Gasteiger partial charge is 0.399 e. The van der Waals surface area contributed by atoms with Crippen LogP contribution in [0.25, 0.3) is 0 Å². The number of anilines is 2. The Labute approximate surface area is 194 Å². The van der Waals surface area contributed by atoms with E-state index in [4.69, 9.17) is 9.31 Å². The highest BCUT2D eigenvalue weighted by Gasteiger charge is 2.51. The highest BCUT2D eigenvalue weighted by molar-refractivity contribution is 9.10. The van der Waals surface area contributed by atoms with Crippen molar-refractivity contribution in [3.63, 3.8) is 0 Å². The SMILES string of the molecule is CCCCCCN1c2ccc(Br)cc2Sc2cc(B3OC(C)(C)C(C)(C)O3)ccc21. The van der Waals surface area contributed by atoms with Crippen molar-refractivity contribution in [2.75, 3.05) is 11.4 Å². The van der Waals surface area contributed by atoms with Crippen molar-refractivity contribution in [2.45, 2.75) is 81.3 Å². The van der Waals surface area contributed by atoms with Gasteiger partial charge in [-0.05, 0) is 69.9 Å². The Balaban J connectivity index is 1.65. The zero-order chi connectivity index (χ0) is 21.5. The zero-order valence-corrected chi connectivity index (χ0v) is 21.0. The summed E-state index contributed by atoms with van der Waals surface area (Å²) >= 11 is 5.48. The number of fused-ring (bicyclic) bond motifs is 2. The summed E-state index contributed by atoms with van der Waals surface area (Å²) in [5.41, 5.74) is 3.01. The van der Waals surface area contributed by atoms with E-state index in [1.165, 1.54) is 46.8 Å². The van der Waals surface area contributed by atoms with Gasteiger partial charge in [0.05, 0.1) is 22.6 Å². The number of benzene rings is 2. The van der Waals surface area contributed by atoms with Gasteiger partial charge in [-0.25, -0.2) is 0 Å². The van der Waals surface area contributed by atoms with Crippen LogP contribution in [0.4, 0.5) is 11.4 Å². The van der Waals surface area contributed by atoms with Crippen molar-refractivity contribution in [1.82, 2.24) is 0 Å². The zero-order valence-electron chi connectivity index (χ0n) is 18.6. The lowest BCUT2D eigenvalue weighted by Crippen LogP contribution is -2.41. The standard InChI is InChI=1S/C24H31BBrNO2S/c1-6-7-8-9-14-27-19-12-10-17(25-28-23(2,3)24(4,5)29-25)15-21(19)30-22-16-18(26)11-13-20(22)27/h10-13,15-16H,6-9,14H2,1-5H3. The number of nitrogens with zero attached hydrogens (tertiary/aromatic N) is 1. The minimum atomic E-state index is -0.331. The molecule has 2 aliphatic heterocycles. The maximum absolute atomic E-state index is 6.30. The molecule has 2 aromatic carbocycles. The third kappa shape index (κ3) is 4.21. The molecule has 0 radical (unpaired) electrons. The average Bonchev–Trinajstić information content (AvgIpc) is 2.91. The number of rotatable bonds is 6. The molecule has 1 fully saturated rings. The molecule has 0 saturated carbocycles. The summed E-state index contributed by atoms with van der Waals surface area (Å²) in [5, 5.41) is 0. The second-order valence-corrected chi connectivity index (χ2v) is 11.2. The van der Waals surface area contributed by atoms with Crippen LogP contribution in [0.3, 0.4) is 0 Å². The van der Waals surface area contributed by atoms with Gasteiger partial charge in [-0.3, -0.25) is 0 Å². The van der Waals surface area contributed by atoms with Crippen LogP contribution >= 0.6 is 27.7 Å². The molecule has 0 spiro atoms. The molecular formula is C24H31BBrNO2S. The first kappa shape index (κ1) is 22.3. The molecule has 0 N–H and O–H groups in total. The lowest BCUT2D eigenvalue weighted by Gasteiger charge is -2.33. The van der Waals surface area contributed by atoms with Crippen molar-refractivity contribution in [3.05, 3.63) is 40.9 Å². The van der Waals surface area contributed by atoms with E-state index in [0.717, 1.165) is 16.5 Å². The Morgan fingerprint density at radius 1 is 0.900 bits per heavy atom. The molecule has 1 saturated heterocycles. The summed E-state index contributed by atoms with van der Waals surface area (Å²) in [5.74, 6) is 0. The van der Waals surface area contributed by atoms with Crippen molar-refractivity contribution in [1.29, 1.82) is 0 Å². The fourth-order valence-electron chi connectivity index (χ4n) is 3.94. The monoisotopic (exact) mass is 487 g/mol. The fraction of sp³-hybridized carbons (Fsp3) is 0.500. The van der Waals surface area contributed by atoms with E-state index in [9.17, 15) is 0 Å². The van der Waals surface area contributed by atoms with Crippen molar-refractivity contribution >= 4 is 51.6 Å². The van der Waals surface area contributed by atoms with Crippen LogP contribution in [0, 0.1) is 0 Å². The van der Waals surface area contributed by atoms with E-state index in [-0.39, 0.29) is 18.3 Å². The molecule has 2 aromatic rings. The third-order valence-corrected chi connectivity index (χ3v) is 8.05. The van der Waals surface area contributed by atoms with Gasteiger partial charge in [-0.2, -0.15) is 0 Å². The molecule has 6 heteroatoms. The van der Waals surface area contributed by atoms with Crippen LogP contribution in [0.5, 0.6) is 0 Å². The number of hydrogen-bond donors (Lipinski definition) is 0. The first-order chi connectivity index (χ1) is 14.2. The van der Waals surface area contributed by atoms with Crippen LogP contribution < -0.4 is 10.4 Å². The van der Waals surface area contributed by atoms with Crippen LogP contribution in [0.15, 0.2) is 50.7 Å². The molecule has 0 aromatic heterocycles. The summed E-state index contributed by atoms with van der Waals surface area (Å²) in [6, 6.07) is 13.3. The molecule has 0 bridgehead atoms. The van der Waals surface area contributed by atoms with E-state index in [0.29, 0.717) is 0 Å². The lowest BCUT2D eigenvalue weighted by atomic mass is 9.79. The highest BCUT2D eigenvalue weighted by atomic mass is 79.9. The van der Waals surface area contributed by atoms with Gasteiger partial charge in [0.1, 0.15) is 0 Å². The van der Waals surface area contributed by atoms with Gasteiger partial charge >= 0.3 is 7.12 Å². The van der Waals surface area contributed by atoms with Crippen LogP contribution in [0.1, 0.15) is 60.3 Å². The lowest BCUT2D eigenvalue weighted by molar-refractivity contribution is 0.00578. The molecule has 2 heterocycles. The van der Waals surface area contributed by atoms with Gasteiger partial charge in [-0.1, -0.05) is 59.9 Å². The first-order valence-electron chi connectivity index (χ1n) is 11.0. The van der Waals surface area contributed by atoms with Gasteiger partial charge in [0, 0.05) is 20.8 Å². The maximum Gasteiger partial charge on any atom is 0.494 e. The quantitative estimate of drug-likeness (QED) is 0.325. The predicted molar refractivity (Wildman–Crippen MR) is 132 cm³/mol. The third-order valence-electron chi connectivity index (χ3n) is 6.47. The molecule has 2 aliphatic rings. The number of unbranched alkanes of at least 4 members (excludes halogenated alkanes) is 3. The number of hydrogen-bond acceptors (Lipinski definition) is 4. The number of halogens is 1.